The Kier molecular flexibility index (Phi) is 6.32. The Labute approximate surface area is 149 Å². The molecule has 1 amide bonds. The van der Waals surface area contributed by atoms with Crippen molar-refractivity contribution in [2.24, 2.45) is 0 Å². The van der Waals surface area contributed by atoms with E-state index in [9.17, 15) is 4.79 Å². The van der Waals surface area contributed by atoms with E-state index in [1.807, 2.05) is 21.1 Å². The number of benzene rings is 2. The predicted octanol–water partition coefficient (Wildman–Crippen LogP) is 4.12. The lowest BCUT2D eigenvalue weighted by atomic mass is 10.2. The Hall–Kier alpha value is -1.94. The van der Waals surface area contributed by atoms with E-state index in [4.69, 9.17) is 0 Å². The second kappa shape index (κ2) is 8.25. The zero-order chi connectivity index (χ0) is 17.7. The lowest BCUT2D eigenvalue weighted by Crippen LogP contribution is -2.27. The van der Waals surface area contributed by atoms with Crippen LogP contribution in [0.3, 0.4) is 0 Å². The highest BCUT2D eigenvalue weighted by Crippen LogP contribution is 2.24. The number of nitrogens with zero attached hydrogens (tertiary/aromatic N) is 2. The molecule has 0 radical (unpaired) electrons. The maximum absolute atomic E-state index is 12.4. The molecule has 0 spiro atoms. The molecule has 0 aliphatic heterocycles. The first-order valence-corrected chi connectivity index (χ1v) is 9.05. The lowest BCUT2D eigenvalue weighted by molar-refractivity contribution is -0.127. The third-order valence-corrected chi connectivity index (χ3v) is 5.14. The van der Waals surface area contributed by atoms with E-state index >= 15 is 0 Å². The van der Waals surface area contributed by atoms with Gasteiger partial charge in [0.25, 0.3) is 0 Å². The van der Waals surface area contributed by atoms with Gasteiger partial charge in [0.05, 0.1) is 5.75 Å². The first-order valence-electron chi connectivity index (χ1n) is 8.07. The third-order valence-electron chi connectivity index (χ3n) is 3.99. The van der Waals surface area contributed by atoms with Crippen LogP contribution in [0.25, 0.3) is 0 Å². The quantitative estimate of drug-likeness (QED) is 0.738. The van der Waals surface area contributed by atoms with Crippen molar-refractivity contribution in [1.82, 2.24) is 4.90 Å². The van der Waals surface area contributed by atoms with E-state index in [-0.39, 0.29) is 5.91 Å². The fourth-order valence-electron chi connectivity index (χ4n) is 2.37. The molecule has 0 aliphatic rings. The van der Waals surface area contributed by atoms with Gasteiger partial charge in [0.1, 0.15) is 0 Å². The maximum Gasteiger partial charge on any atom is 0.232 e. The van der Waals surface area contributed by atoms with Gasteiger partial charge in [-0.2, -0.15) is 0 Å². The largest absolute Gasteiger partial charge is 0.378 e. The average Bonchev–Trinajstić information content (AvgIpc) is 2.55. The Morgan fingerprint density at radius 1 is 1.00 bits per heavy atom. The van der Waals surface area contributed by atoms with Crippen molar-refractivity contribution >= 4 is 23.4 Å². The molecule has 3 nitrogen and oxygen atoms in total. The summed E-state index contributed by atoms with van der Waals surface area (Å²) in [6, 6.07) is 14.7. The second-order valence-corrected chi connectivity index (χ2v) is 7.39. The standard InChI is InChI=1S/C20H26N2OS/c1-15-6-7-16(2)19(12-15)24-14-20(23)22(5)13-17-8-10-18(11-9-17)21(3)4/h6-12H,13-14H2,1-5H3. The average molecular weight is 343 g/mol. The molecule has 0 aromatic heterocycles. The lowest BCUT2D eigenvalue weighted by Gasteiger charge is -2.18. The van der Waals surface area contributed by atoms with Crippen LogP contribution in [0.5, 0.6) is 0 Å². The highest BCUT2D eigenvalue weighted by molar-refractivity contribution is 8.00. The molecule has 24 heavy (non-hydrogen) atoms. The van der Waals surface area contributed by atoms with Crippen molar-refractivity contribution in [2.75, 3.05) is 31.8 Å². The number of aryl methyl sites for hydroxylation is 2. The normalized spacial score (nSPS) is 10.5. The summed E-state index contributed by atoms with van der Waals surface area (Å²) in [7, 11) is 5.91. The van der Waals surface area contributed by atoms with Crippen molar-refractivity contribution in [3.05, 3.63) is 59.2 Å². The van der Waals surface area contributed by atoms with Crippen molar-refractivity contribution in [3.63, 3.8) is 0 Å². The van der Waals surface area contributed by atoms with Gasteiger partial charge in [-0.25, -0.2) is 0 Å². The molecule has 2 rings (SSSR count). The molecule has 0 heterocycles. The van der Waals surface area contributed by atoms with Crippen LogP contribution in [0, 0.1) is 13.8 Å². The molecule has 0 bridgehead atoms. The first-order chi connectivity index (χ1) is 11.4. The summed E-state index contributed by atoms with van der Waals surface area (Å²) in [5, 5.41) is 0. The number of rotatable bonds is 6. The molecular weight excluding hydrogens is 316 g/mol. The van der Waals surface area contributed by atoms with Crippen LogP contribution < -0.4 is 4.90 Å². The van der Waals surface area contributed by atoms with Crippen LogP contribution in [0.1, 0.15) is 16.7 Å². The fourth-order valence-corrected chi connectivity index (χ4v) is 3.44. The molecule has 2 aromatic rings. The van der Waals surface area contributed by atoms with Gasteiger partial charge in [-0.05, 0) is 43.2 Å². The van der Waals surface area contributed by atoms with Gasteiger partial charge >= 0.3 is 0 Å². The Morgan fingerprint density at radius 3 is 2.29 bits per heavy atom. The number of carbonyl (C=O) groups is 1. The monoisotopic (exact) mass is 342 g/mol. The van der Waals surface area contributed by atoms with Gasteiger partial charge in [0.2, 0.25) is 5.91 Å². The second-order valence-electron chi connectivity index (χ2n) is 6.37. The van der Waals surface area contributed by atoms with E-state index in [0.29, 0.717) is 12.3 Å². The van der Waals surface area contributed by atoms with E-state index in [2.05, 4.69) is 61.2 Å². The van der Waals surface area contributed by atoms with Gasteiger partial charge in [-0.1, -0.05) is 29.8 Å². The molecule has 0 saturated heterocycles. The molecular formula is C20H26N2OS. The number of anilines is 1. The maximum atomic E-state index is 12.4. The van der Waals surface area contributed by atoms with Gasteiger partial charge in [-0.15, -0.1) is 11.8 Å². The summed E-state index contributed by atoms with van der Waals surface area (Å²) in [5.41, 5.74) is 4.76. The summed E-state index contributed by atoms with van der Waals surface area (Å²) < 4.78 is 0. The topological polar surface area (TPSA) is 23.6 Å². The minimum Gasteiger partial charge on any atom is -0.378 e. The smallest absolute Gasteiger partial charge is 0.232 e. The fraction of sp³-hybridized carbons (Fsp3) is 0.350. The van der Waals surface area contributed by atoms with Crippen LogP contribution in [0.4, 0.5) is 5.69 Å². The molecule has 0 N–H and O–H groups in total. The van der Waals surface area contributed by atoms with Crippen LogP contribution in [-0.4, -0.2) is 37.7 Å². The van der Waals surface area contributed by atoms with E-state index < -0.39 is 0 Å². The van der Waals surface area contributed by atoms with Gasteiger partial charge in [0.15, 0.2) is 0 Å². The highest BCUT2D eigenvalue weighted by Gasteiger charge is 2.11. The Bertz CT molecular complexity index is 695. The predicted molar refractivity (Wildman–Crippen MR) is 104 cm³/mol. The van der Waals surface area contributed by atoms with E-state index in [1.54, 1.807) is 16.7 Å². The molecule has 0 unspecified atom stereocenters. The first kappa shape index (κ1) is 18.4. The minimum atomic E-state index is 0.151. The van der Waals surface area contributed by atoms with Crippen LogP contribution in [-0.2, 0) is 11.3 Å². The number of hydrogen-bond donors (Lipinski definition) is 0. The third kappa shape index (κ3) is 5.03. The van der Waals surface area contributed by atoms with E-state index in [0.717, 1.165) is 5.56 Å². The van der Waals surface area contributed by atoms with Crippen LogP contribution in [0.2, 0.25) is 0 Å². The number of amides is 1. The van der Waals surface area contributed by atoms with Crippen molar-refractivity contribution < 1.29 is 4.79 Å². The molecule has 2 aromatic carbocycles. The van der Waals surface area contributed by atoms with Crippen LogP contribution in [0.15, 0.2) is 47.4 Å². The summed E-state index contributed by atoms with van der Waals surface area (Å²) in [4.78, 5) is 17.4. The Balaban J connectivity index is 1.91. The van der Waals surface area contributed by atoms with Crippen molar-refractivity contribution in [1.29, 1.82) is 0 Å². The summed E-state index contributed by atoms with van der Waals surface area (Å²) >= 11 is 1.62. The van der Waals surface area contributed by atoms with Gasteiger partial charge < -0.3 is 9.80 Å². The number of hydrogen-bond acceptors (Lipinski definition) is 3. The zero-order valence-corrected chi connectivity index (χ0v) is 16.0. The van der Waals surface area contributed by atoms with Crippen molar-refractivity contribution in [3.8, 4) is 0 Å². The van der Waals surface area contributed by atoms with E-state index in [1.165, 1.54) is 21.7 Å². The molecule has 0 aliphatic carbocycles. The SMILES string of the molecule is Cc1ccc(C)c(SCC(=O)N(C)Cc2ccc(N(C)C)cc2)c1. The number of carbonyl (C=O) groups excluding carboxylic acids is 1. The van der Waals surface area contributed by atoms with Gasteiger partial charge in [0, 0.05) is 38.3 Å². The van der Waals surface area contributed by atoms with Crippen molar-refractivity contribution in [2.45, 2.75) is 25.3 Å². The zero-order valence-electron chi connectivity index (χ0n) is 15.2. The summed E-state index contributed by atoms with van der Waals surface area (Å²) in [6.07, 6.45) is 0. The molecule has 0 fully saturated rings. The Morgan fingerprint density at radius 2 is 1.67 bits per heavy atom. The molecule has 128 valence electrons. The van der Waals surface area contributed by atoms with Crippen LogP contribution >= 0.6 is 11.8 Å². The molecule has 0 saturated carbocycles. The molecule has 0 atom stereocenters. The summed E-state index contributed by atoms with van der Waals surface area (Å²) in [6.45, 7) is 4.80. The van der Waals surface area contributed by atoms with Gasteiger partial charge in [-0.3, -0.25) is 4.79 Å². The minimum absolute atomic E-state index is 0.151. The summed E-state index contributed by atoms with van der Waals surface area (Å²) in [5.74, 6) is 0.619. The highest BCUT2D eigenvalue weighted by atomic mass is 32.2. The number of thioether (sulfide) groups is 1. The molecule has 4 heteroatoms.